The summed E-state index contributed by atoms with van der Waals surface area (Å²) in [6.07, 6.45) is 0. The molecule has 2 aliphatic heterocycles. The Hall–Kier alpha value is -2.58. The smallest absolute Gasteiger partial charge is 0.254 e. The highest BCUT2D eigenvalue weighted by Gasteiger charge is 2.22. The maximum absolute atomic E-state index is 12.3. The van der Waals surface area contributed by atoms with Crippen LogP contribution in [0.3, 0.4) is 0 Å². The molecule has 1 fully saturated rings. The second-order valence-electron chi connectivity index (χ2n) is 6.47. The number of piperazine rings is 1. The first-order chi connectivity index (χ1) is 13.2. The summed E-state index contributed by atoms with van der Waals surface area (Å²) in [5.74, 6) is 1.25. The molecule has 1 aromatic carbocycles. The first kappa shape index (κ1) is 17.8. The molecule has 27 heavy (non-hydrogen) atoms. The zero-order chi connectivity index (χ0) is 18.6. The van der Waals surface area contributed by atoms with Crippen molar-refractivity contribution in [3.05, 3.63) is 46.2 Å². The standard InChI is InChI=1S/C19H21N3O4S/c23-18(14-1-2-16-17(11-14)26-13-25-16)20-4-5-21-6-8-22(9-7-21)19(24)15-3-10-27-12-15/h1-3,10-12H,4-9,13H2,(H,20,23). The summed E-state index contributed by atoms with van der Waals surface area (Å²) in [4.78, 5) is 28.8. The van der Waals surface area contributed by atoms with Crippen LogP contribution in [-0.4, -0.2) is 67.7 Å². The monoisotopic (exact) mass is 387 g/mol. The number of nitrogens with one attached hydrogen (secondary N) is 1. The van der Waals surface area contributed by atoms with Crippen LogP contribution in [-0.2, 0) is 0 Å². The van der Waals surface area contributed by atoms with Crippen molar-refractivity contribution >= 4 is 23.2 Å². The predicted molar refractivity (Wildman–Crippen MR) is 102 cm³/mol. The molecule has 1 aromatic heterocycles. The number of fused-ring (bicyclic) bond motifs is 1. The molecule has 2 aliphatic rings. The number of hydrogen-bond donors (Lipinski definition) is 1. The van der Waals surface area contributed by atoms with Crippen molar-refractivity contribution < 1.29 is 19.1 Å². The highest BCUT2D eigenvalue weighted by atomic mass is 32.1. The van der Waals surface area contributed by atoms with E-state index in [1.54, 1.807) is 18.2 Å². The van der Waals surface area contributed by atoms with Crippen LogP contribution in [0, 0.1) is 0 Å². The summed E-state index contributed by atoms with van der Waals surface area (Å²) in [5, 5.41) is 6.75. The van der Waals surface area contributed by atoms with Crippen molar-refractivity contribution in [2.75, 3.05) is 46.1 Å². The Labute approximate surface area is 161 Å². The normalized spacial score (nSPS) is 16.4. The molecule has 142 valence electrons. The fourth-order valence-corrected chi connectivity index (χ4v) is 3.84. The Bertz CT molecular complexity index is 816. The van der Waals surface area contributed by atoms with Crippen molar-refractivity contribution in [3.8, 4) is 11.5 Å². The molecule has 4 rings (SSSR count). The van der Waals surface area contributed by atoms with Gasteiger partial charge in [-0.1, -0.05) is 0 Å². The fourth-order valence-electron chi connectivity index (χ4n) is 3.21. The fraction of sp³-hybridized carbons (Fsp3) is 0.368. The number of thiophene rings is 1. The molecule has 0 atom stereocenters. The van der Waals surface area contributed by atoms with E-state index in [0.29, 0.717) is 36.7 Å². The van der Waals surface area contributed by atoms with Gasteiger partial charge >= 0.3 is 0 Å². The van der Waals surface area contributed by atoms with Crippen LogP contribution in [0.5, 0.6) is 11.5 Å². The second kappa shape index (κ2) is 7.98. The van der Waals surface area contributed by atoms with Crippen molar-refractivity contribution in [2.45, 2.75) is 0 Å². The first-order valence-corrected chi connectivity index (χ1v) is 9.87. The van der Waals surface area contributed by atoms with Crippen LogP contribution in [0.15, 0.2) is 35.0 Å². The SMILES string of the molecule is O=C(NCCN1CCN(C(=O)c2ccsc2)CC1)c1ccc2c(c1)OCO2. The Morgan fingerprint density at radius 1 is 1.04 bits per heavy atom. The minimum Gasteiger partial charge on any atom is -0.454 e. The number of nitrogens with zero attached hydrogens (tertiary/aromatic N) is 2. The van der Waals surface area contributed by atoms with E-state index in [4.69, 9.17) is 9.47 Å². The molecule has 8 heteroatoms. The zero-order valence-electron chi connectivity index (χ0n) is 14.8. The van der Waals surface area contributed by atoms with Crippen LogP contribution in [0.25, 0.3) is 0 Å². The van der Waals surface area contributed by atoms with Crippen LogP contribution in [0.1, 0.15) is 20.7 Å². The van der Waals surface area contributed by atoms with Crippen LogP contribution in [0.2, 0.25) is 0 Å². The number of carbonyl (C=O) groups is 2. The molecule has 0 unspecified atom stereocenters. The Morgan fingerprint density at radius 2 is 1.85 bits per heavy atom. The van der Waals surface area contributed by atoms with Crippen LogP contribution < -0.4 is 14.8 Å². The first-order valence-electron chi connectivity index (χ1n) is 8.92. The van der Waals surface area contributed by atoms with E-state index < -0.39 is 0 Å². The van der Waals surface area contributed by atoms with Gasteiger partial charge in [-0.25, -0.2) is 0 Å². The second-order valence-corrected chi connectivity index (χ2v) is 7.25. The molecule has 0 bridgehead atoms. The van der Waals surface area contributed by atoms with E-state index in [2.05, 4.69) is 10.2 Å². The number of benzene rings is 1. The highest BCUT2D eigenvalue weighted by molar-refractivity contribution is 7.08. The van der Waals surface area contributed by atoms with Gasteiger partial charge in [0.25, 0.3) is 11.8 Å². The van der Waals surface area contributed by atoms with Gasteiger partial charge < -0.3 is 19.7 Å². The Balaban J connectivity index is 1.20. The lowest BCUT2D eigenvalue weighted by atomic mass is 10.2. The average molecular weight is 387 g/mol. The minimum atomic E-state index is -0.125. The van der Waals surface area contributed by atoms with Gasteiger partial charge in [0.05, 0.1) is 5.56 Å². The topological polar surface area (TPSA) is 71.1 Å². The lowest BCUT2D eigenvalue weighted by Gasteiger charge is -2.34. The van der Waals surface area contributed by atoms with E-state index in [9.17, 15) is 9.59 Å². The van der Waals surface area contributed by atoms with Crippen molar-refractivity contribution in [1.29, 1.82) is 0 Å². The summed E-state index contributed by atoms with van der Waals surface area (Å²) in [6, 6.07) is 7.05. The van der Waals surface area contributed by atoms with E-state index in [0.717, 1.165) is 25.2 Å². The largest absolute Gasteiger partial charge is 0.454 e. The summed E-state index contributed by atoms with van der Waals surface area (Å²) < 4.78 is 10.6. The number of carbonyl (C=O) groups excluding carboxylic acids is 2. The molecule has 0 spiro atoms. The van der Waals surface area contributed by atoms with Gasteiger partial charge in [0.2, 0.25) is 6.79 Å². The molecule has 1 saturated heterocycles. The maximum Gasteiger partial charge on any atom is 0.254 e. The van der Waals surface area contributed by atoms with Gasteiger partial charge in [-0.3, -0.25) is 14.5 Å². The number of ether oxygens (including phenoxy) is 2. The third kappa shape index (κ3) is 4.06. The van der Waals surface area contributed by atoms with E-state index in [-0.39, 0.29) is 18.6 Å². The molecule has 0 aliphatic carbocycles. The molecular weight excluding hydrogens is 366 g/mol. The third-order valence-electron chi connectivity index (χ3n) is 4.78. The van der Waals surface area contributed by atoms with E-state index >= 15 is 0 Å². The summed E-state index contributed by atoms with van der Waals surface area (Å²) >= 11 is 1.54. The van der Waals surface area contributed by atoms with Gasteiger partial charge in [-0.05, 0) is 29.6 Å². The van der Waals surface area contributed by atoms with E-state index in [1.807, 2.05) is 21.7 Å². The molecule has 2 aromatic rings. The van der Waals surface area contributed by atoms with Gasteiger partial charge in [0, 0.05) is 50.2 Å². The summed E-state index contributed by atoms with van der Waals surface area (Å²) in [5.41, 5.74) is 1.33. The van der Waals surface area contributed by atoms with Gasteiger partial charge in [0.15, 0.2) is 11.5 Å². The van der Waals surface area contributed by atoms with Crippen molar-refractivity contribution in [1.82, 2.24) is 15.1 Å². The number of rotatable bonds is 5. The Morgan fingerprint density at radius 3 is 2.63 bits per heavy atom. The van der Waals surface area contributed by atoms with E-state index in [1.165, 1.54) is 11.3 Å². The highest BCUT2D eigenvalue weighted by Crippen LogP contribution is 2.32. The van der Waals surface area contributed by atoms with Crippen LogP contribution >= 0.6 is 11.3 Å². The van der Waals surface area contributed by atoms with Gasteiger partial charge in [0.1, 0.15) is 0 Å². The Kier molecular flexibility index (Phi) is 5.26. The number of amides is 2. The van der Waals surface area contributed by atoms with Gasteiger partial charge in [-0.15, -0.1) is 0 Å². The van der Waals surface area contributed by atoms with Crippen molar-refractivity contribution in [2.24, 2.45) is 0 Å². The maximum atomic E-state index is 12.3. The molecule has 0 saturated carbocycles. The third-order valence-corrected chi connectivity index (χ3v) is 5.46. The lowest BCUT2D eigenvalue weighted by molar-refractivity contribution is 0.0638. The average Bonchev–Trinajstić information content (AvgIpc) is 3.39. The van der Waals surface area contributed by atoms with Crippen LogP contribution in [0.4, 0.5) is 0 Å². The summed E-state index contributed by atoms with van der Waals surface area (Å²) in [6.45, 7) is 4.57. The molecule has 7 nitrogen and oxygen atoms in total. The van der Waals surface area contributed by atoms with Gasteiger partial charge in [-0.2, -0.15) is 11.3 Å². The molecule has 0 radical (unpaired) electrons. The molecule has 3 heterocycles. The minimum absolute atomic E-state index is 0.104. The number of hydrogen-bond acceptors (Lipinski definition) is 6. The lowest BCUT2D eigenvalue weighted by Crippen LogP contribution is -2.50. The zero-order valence-corrected chi connectivity index (χ0v) is 15.7. The molecular formula is C19H21N3O4S. The summed E-state index contributed by atoms with van der Waals surface area (Å²) in [7, 11) is 0. The van der Waals surface area contributed by atoms with Crippen molar-refractivity contribution in [3.63, 3.8) is 0 Å². The molecule has 2 amide bonds. The quantitative estimate of drug-likeness (QED) is 0.845. The molecule has 1 N–H and O–H groups in total. The predicted octanol–water partition coefficient (Wildman–Crippen LogP) is 1.66.